The third kappa shape index (κ3) is 4.27. The van der Waals surface area contributed by atoms with Crippen LogP contribution in [0, 0.1) is 0 Å². The minimum atomic E-state index is -0.575. The van der Waals surface area contributed by atoms with Crippen LogP contribution < -0.4 is 11.2 Å². The molecule has 0 unspecified atom stereocenters. The Kier molecular flexibility index (Phi) is 6.07. The van der Waals surface area contributed by atoms with Crippen molar-refractivity contribution in [1.29, 1.82) is 0 Å². The van der Waals surface area contributed by atoms with E-state index in [1.165, 1.54) is 0 Å². The molecule has 32 heavy (non-hydrogen) atoms. The number of nitrogens with two attached hydrogens (primary N) is 1. The van der Waals surface area contributed by atoms with Crippen molar-refractivity contribution in [2.24, 2.45) is 15.9 Å². The average molecular weight is 462 g/mol. The lowest BCUT2D eigenvalue weighted by Crippen LogP contribution is -2.36. The van der Waals surface area contributed by atoms with Crippen LogP contribution in [0.15, 0.2) is 89.1 Å². The molecule has 1 amide bonds. The minimum Gasteiger partial charge on any atom is -0.374 e. The highest BCUT2D eigenvalue weighted by Crippen LogP contribution is 2.24. The van der Waals surface area contributed by atoms with E-state index in [1.807, 2.05) is 24.3 Å². The maximum absolute atomic E-state index is 13.0. The number of hydrazone groups is 2. The Morgan fingerprint density at radius 2 is 1.69 bits per heavy atom. The first-order chi connectivity index (χ1) is 15.5. The largest absolute Gasteiger partial charge is 0.374 e. The molecule has 0 fully saturated rings. The van der Waals surface area contributed by atoms with Crippen LogP contribution in [0.25, 0.3) is 0 Å². The zero-order valence-electron chi connectivity index (χ0n) is 16.5. The van der Waals surface area contributed by atoms with Crippen molar-refractivity contribution < 1.29 is 9.59 Å². The molecule has 0 aliphatic carbocycles. The summed E-state index contributed by atoms with van der Waals surface area (Å²) in [6.07, 6.45) is 0. The van der Waals surface area contributed by atoms with Gasteiger partial charge in [-0.05, 0) is 30.4 Å². The van der Waals surface area contributed by atoms with E-state index in [-0.39, 0.29) is 16.6 Å². The Labute approximate surface area is 194 Å². The fourth-order valence-electron chi connectivity index (χ4n) is 3.10. The van der Waals surface area contributed by atoms with Crippen molar-refractivity contribution >= 4 is 57.7 Å². The monoisotopic (exact) mass is 461 g/mol. The number of benzene rings is 3. The topological polar surface area (TPSA) is 100 Å². The van der Waals surface area contributed by atoms with Crippen LogP contribution in [-0.2, 0) is 4.79 Å². The maximum Gasteiger partial charge on any atom is 0.303 e. The number of nitrogens with one attached hydrogen (secondary N) is 1. The van der Waals surface area contributed by atoms with Crippen molar-refractivity contribution in [2.75, 3.05) is 5.43 Å². The summed E-state index contributed by atoms with van der Waals surface area (Å²) in [6, 6.07) is 22.6. The van der Waals surface area contributed by atoms with Gasteiger partial charge in [-0.3, -0.25) is 15.0 Å². The summed E-state index contributed by atoms with van der Waals surface area (Å²) in [7, 11) is 0. The van der Waals surface area contributed by atoms with Crippen molar-refractivity contribution in [3.05, 3.63) is 101 Å². The summed E-state index contributed by atoms with van der Waals surface area (Å²) in [6.45, 7) is 0. The molecule has 1 heterocycles. The number of carbonyl (C=O) groups is 2. The molecule has 4 rings (SSSR count). The molecule has 1 aliphatic rings. The van der Waals surface area contributed by atoms with E-state index >= 15 is 0 Å². The Hall–Kier alpha value is -3.88. The van der Waals surface area contributed by atoms with E-state index in [1.54, 1.807) is 54.6 Å². The van der Waals surface area contributed by atoms with E-state index in [0.717, 1.165) is 5.01 Å². The first kappa shape index (κ1) is 21.4. The van der Waals surface area contributed by atoms with Gasteiger partial charge < -0.3 is 5.73 Å². The van der Waals surface area contributed by atoms with Crippen LogP contribution in [-0.4, -0.2) is 33.2 Å². The fourth-order valence-corrected chi connectivity index (χ4v) is 3.39. The number of ketones is 1. The van der Waals surface area contributed by atoms with Crippen LogP contribution >= 0.6 is 23.8 Å². The summed E-state index contributed by atoms with van der Waals surface area (Å²) in [5, 5.41) is 9.61. The summed E-state index contributed by atoms with van der Waals surface area (Å²) in [4.78, 5) is 25.9. The standard InChI is InChI=1S/C23H16ClN5O2S/c24-16-11-12-18(17(13-16)21(30)15-9-5-2-6-10-15)26-27-20-19(14-7-3-1-4-8-14)28-29(22(20)31)23(25)32/h1-13,26H,(H2,25,32)/b27-20+. The van der Waals surface area contributed by atoms with Gasteiger partial charge in [0.15, 0.2) is 16.6 Å². The number of nitrogens with zero attached hydrogens (tertiary/aromatic N) is 3. The number of anilines is 1. The molecule has 158 valence electrons. The van der Waals surface area contributed by atoms with Gasteiger partial charge in [0.25, 0.3) is 0 Å². The van der Waals surface area contributed by atoms with Crippen molar-refractivity contribution in [2.45, 2.75) is 0 Å². The normalized spacial score (nSPS) is 14.4. The molecule has 7 nitrogen and oxygen atoms in total. The van der Waals surface area contributed by atoms with Gasteiger partial charge in [-0.25, -0.2) is 0 Å². The average Bonchev–Trinajstić information content (AvgIpc) is 3.15. The molecule has 3 N–H and O–H groups in total. The highest BCUT2D eigenvalue weighted by molar-refractivity contribution is 7.80. The predicted octanol–water partition coefficient (Wildman–Crippen LogP) is 3.83. The number of carbonyl (C=O) groups excluding carboxylic acids is 2. The van der Waals surface area contributed by atoms with Gasteiger partial charge >= 0.3 is 5.91 Å². The maximum atomic E-state index is 13.0. The summed E-state index contributed by atoms with van der Waals surface area (Å²) in [5.41, 5.74) is 10.6. The SMILES string of the molecule is NC(=S)N1N=C(c2ccccc2)/C(=N\Nc2ccc(Cl)cc2C(=O)c2ccccc2)C1=O. The van der Waals surface area contributed by atoms with Crippen molar-refractivity contribution in [1.82, 2.24) is 5.01 Å². The van der Waals surface area contributed by atoms with E-state index in [4.69, 9.17) is 29.6 Å². The molecular formula is C23H16ClN5O2S. The highest BCUT2D eigenvalue weighted by Gasteiger charge is 2.34. The molecular weight excluding hydrogens is 446 g/mol. The van der Waals surface area contributed by atoms with Gasteiger partial charge in [-0.1, -0.05) is 72.3 Å². The number of hydrogen-bond acceptors (Lipinski definition) is 6. The quantitative estimate of drug-likeness (QED) is 0.341. The molecule has 9 heteroatoms. The molecule has 0 saturated carbocycles. The van der Waals surface area contributed by atoms with E-state index < -0.39 is 5.91 Å². The van der Waals surface area contributed by atoms with Crippen LogP contribution in [0.3, 0.4) is 0 Å². The zero-order chi connectivity index (χ0) is 22.7. The molecule has 0 saturated heterocycles. The Morgan fingerprint density at radius 1 is 1.03 bits per heavy atom. The number of thiocarbonyl (C=S) groups is 1. The predicted molar refractivity (Wildman–Crippen MR) is 129 cm³/mol. The van der Waals surface area contributed by atoms with Gasteiger partial charge in [0.05, 0.1) is 5.69 Å². The number of amides is 1. The second kappa shape index (κ2) is 9.09. The lowest BCUT2D eigenvalue weighted by Gasteiger charge is -2.10. The van der Waals surface area contributed by atoms with E-state index in [0.29, 0.717) is 33.1 Å². The molecule has 1 aliphatic heterocycles. The summed E-state index contributed by atoms with van der Waals surface area (Å²) >= 11 is 11.1. The molecule has 3 aromatic carbocycles. The van der Waals surface area contributed by atoms with Crippen molar-refractivity contribution in [3.63, 3.8) is 0 Å². The second-order valence-corrected chi connectivity index (χ2v) is 7.58. The highest BCUT2D eigenvalue weighted by atomic mass is 35.5. The third-order valence-corrected chi connectivity index (χ3v) is 5.03. The van der Waals surface area contributed by atoms with Gasteiger partial charge in [0.2, 0.25) is 0 Å². The molecule has 0 spiro atoms. The Morgan fingerprint density at radius 3 is 2.34 bits per heavy atom. The molecule has 0 atom stereocenters. The molecule has 0 aromatic heterocycles. The zero-order valence-corrected chi connectivity index (χ0v) is 18.1. The van der Waals surface area contributed by atoms with Crippen LogP contribution in [0.2, 0.25) is 5.02 Å². The Balaban J connectivity index is 1.72. The van der Waals surface area contributed by atoms with Gasteiger partial charge in [0, 0.05) is 21.7 Å². The fraction of sp³-hybridized carbons (Fsp3) is 0. The van der Waals surface area contributed by atoms with Crippen LogP contribution in [0.4, 0.5) is 5.69 Å². The first-order valence-corrected chi connectivity index (χ1v) is 10.3. The number of hydrogen-bond donors (Lipinski definition) is 2. The first-order valence-electron chi connectivity index (χ1n) is 9.47. The van der Waals surface area contributed by atoms with E-state index in [9.17, 15) is 9.59 Å². The summed E-state index contributed by atoms with van der Waals surface area (Å²) < 4.78 is 0. The number of halogens is 1. The lowest BCUT2D eigenvalue weighted by molar-refractivity contribution is -0.119. The Bertz CT molecular complexity index is 1280. The van der Waals surface area contributed by atoms with Crippen LogP contribution in [0.5, 0.6) is 0 Å². The van der Waals surface area contributed by atoms with Gasteiger partial charge in [-0.2, -0.15) is 15.2 Å². The van der Waals surface area contributed by atoms with Gasteiger partial charge in [0.1, 0.15) is 5.71 Å². The van der Waals surface area contributed by atoms with E-state index in [2.05, 4.69) is 15.6 Å². The minimum absolute atomic E-state index is 0.0112. The summed E-state index contributed by atoms with van der Waals surface area (Å²) in [5.74, 6) is -0.816. The molecule has 3 aromatic rings. The molecule has 0 radical (unpaired) electrons. The third-order valence-electron chi connectivity index (χ3n) is 4.63. The lowest BCUT2D eigenvalue weighted by atomic mass is 10.0. The molecule has 0 bridgehead atoms. The van der Waals surface area contributed by atoms with Gasteiger partial charge in [-0.15, -0.1) is 0 Å². The number of rotatable bonds is 5. The van der Waals surface area contributed by atoms with Crippen LogP contribution in [0.1, 0.15) is 21.5 Å². The second-order valence-electron chi connectivity index (χ2n) is 6.73. The van der Waals surface area contributed by atoms with Crippen molar-refractivity contribution in [3.8, 4) is 0 Å². The smallest absolute Gasteiger partial charge is 0.303 e.